The third-order valence-corrected chi connectivity index (χ3v) is 7.29. The normalized spacial score (nSPS) is 16.3. The zero-order valence-electron chi connectivity index (χ0n) is 16.5. The second kappa shape index (κ2) is 10.4. The topological polar surface area (TPSA) is 54.5 Å². The number of benzene rings is 2. The highest BCUT2D eigenvalue weighted by atomic mass is 35.5. The van der Waals surface area contributed by atoms with Crippen LogP contribution in [0.25, 0.3) is 0 Å². The molecule has 2 aromatic carbocycles. The van der Waals surface area contributed by atoms with Crippen LogP contribution in [-0.4, -0.2) is 39.8 Å². The van der Waals surface area contributed by atoms with Crippen LogP contribution in [0.5, 0.6) is 5.75 Å². The zero-order valence-corrected chi connectivity index (χ0v) is 18.9. The smallest absolute Gasteiger partial charge is 0.194 e. The van der Waals surface area contributed by atoms with Gasteiger partial charge in [0, 0.05) is 31.2 Å². The Morgan fingerprint density at radius 2 is 2.00 bits per heavy atom. The Labute approximate surface area is 188 Å². The third kappa shape index (κ3) is 5.82. The summed E-state index contributed by atoms with van der Waals surface area (Å²) in [7, 11) is -1.41. The van der Waals surface area contributed by atoms with Gasteiger partial charge in [-0.2, -0.15) is 0 Å². The molecule has 1 unspecified atom stereocenters. The van der Waals surface area contributed by atoms with E-state index in [1.807, 2.05) is 5.38 Å². The van der Waals surface area contributed by atoms with E-state index in [2.05, 4.69) is 44.9 Å². The summed E-state index contributed by atoms with van der Waals surface area (Å²) in [5.74, 6) is 0.648. The van der Waals surface area contributed by atoms with Crippen molar-refractivity contribution in [2.45, 2.75) is 30.3 Å². The third-order valence-electron chi connectivity index (χ3n) is 5.12. The Kier molecular flexibility index (Phi) is 7.38. The van der Waals surface area contributed by atoms with Crippen LogP contribution in [0.1, 0.15) is 18.4 Å². The number of thiazole rings is 1. The minimum absolute atomic E-state index is 0.153. The largest absolute Gasteiger partial charge is 0.489 e. The highest BCUT2D eigenvalue weighted by Crippen LogP contribution is 2.30. The van der Waals surface area contributed by atoms with Gasteiger partial charge in [-0.05, 0) is 43.0 Å². The molecule has 2 heterocycles. The molecule has 0 spiro atoms. The van der Waals surface area contributed by atoms with Crippen LogP contribution >= 0.6 is 22.9 Å². The van der Waals surface area contributed by atoms with E-state index in [0.717, 1.165) is 38.9 Å². The van der Waals surface area contributed by atoms with Gasteiger partial charge in [0.1, 0.15) is 11.9 Å². The van der Waals surface area contributed by atoms with Gasteiger partial charge < -0.3 is 9.64 Å². The second-order valence-electron chi connectivity index (χ2n) is 7.19. The standard InChI is InChI=1S/C22H24ClN3O2S2/c23-20-16-19(30(27)25-22-24-11-15-29-22)6-7-21(20)28-18-9-13-26(14-10-18)12-8-17-4-2-1-3-5-17/h1-7,11,15-16,18H,8-10,12-14H2,(H,24,25). The van der Waals surface area contributed by atoms with Crippen LogP contribution in [0, 0.1) is 0 Å². The molecule has 3 aromatic rings. The summed E-state index contributed by atoms with van der Waals surface area (Å²) in [4.78, 5) is 7.17. The van der Waals surface area contributed by atoms with Crippen LogP contribution in [0.2, 0.25) is 5.02 Å². The van der Waals surface area contributed by atoms with Crippen LogP contribution in [0.3, 0.4) is 0 Å². The Balaban J connectivity index is 1.26. The Bertz CT molecular complexity index is 962. The molecule has 0 saturated carbocycles. The minimum Gasteiger partial charge on any atom is -0.489 e. The molecule has 1 atom stereocenters. The number of rotatable bonds is 8. The van der Waals surface area contributed by atoms with Crippen molar-refractivity contribution in [1.82, 2.24) is 9.88 Å². The Hall–Kier alpha value is -1.93. The summed E-state index contributed by atoms with van der Waals surface area (Å²) < 4.78 is 21.4. The maximum Gasteiger partial charge on any atom is 0.194 e. The van der Waals surface area contributed by atoms with Gasteiger partial charge in [0.05, 0.1) is 9.92 Å². The van der Waals surface area contributed by atoms with Crippen LogP contribution in [-0.2, 0) is 17.4 Å². The van der Waals surface area contributed by atoms with E-state index in [1.54, 1.807) is 24.4 Å². The van der Waals surface area contributed by atoms with Gasteiger partial charge >= 0.3 is 0 Å². The summed E-state index contributed by atoms with van der Waals surface area (Å²) in [6.45, 7) is 3.12. The van der Waals surface area contributed by atoms with Gasteiger partial charge in [0.2, 0.25) is 0 Å². The molecule has 30 heavy (non-hydrogen) atoms. The van der Waals surface area contributed by atoms with Gasteiger partial charge in [-0.1, -0.05) is 41.9 Å². The summed E-state index contributed by atoms with van der Waals surface area (Å²) in [6, 6.07) is 15.9. The lowest BCUT2D eigenvalue weighted by Gasteiger charge is -2.32. The number of aromatic nitrogens is 1. The molecular weight excluding hydrogens is 438 g/mol. The van der Waals surface area contributed by atoms with Gasteiger partial charge in [0.15, 0.2) is 16.1 Å². The van der Waals surface area contributed by atoms with Crippen molar-refractivity contribution in [3.63, 3.8) is 0 Å². The molecular formula is C22H24ClN3O2S2. The number of hydrogen-bond donors (Lipinski definition) is 1. The van der Waals surface area contributed by atoms with E-state index in [9.17, 15) is 4.21 Å². The molecule has 1 N–H and O–H groups in total. The van der Waals surface area contributed by atoms with Crippen LogP contribution in [0.15, 0.2) is 65.0 Å². The Morgan fingerprint density at radius 3 is 2.70 bits per heavy atom. The average molecular weight is 462 g/mol. The highest BCUT2D eigenvalue weighted by molar-refractivity contribution is 7.86. The van der Waals surface area contributed by atoms with Crippen LogP contribution < -0.4 is 9.46 Å². The number of ether oxygens (including phenoxy) is 1. The number of piperidine rings is 1. The lowest BCUT2D eigenvalue weighted by Crippen LogP contribution is -2.39. The lowest BCUT2D eigenvalue weighted by molar-refractivity contribution is 0.101. The first-order valence-electron chi connectivity index (χ1n) is 9.98. The van der Waals surface area contributed by atoms with Crippen molar-refractivity contribution in [3.05, 3.63) is 70.7 Å². The molecule has 1 fully saturated rings. The predicted molar refractivity (Wildman–Crippen MR) is 124 cm³/mol. The van der Waals surface area contributed by atoms with E-state index in [4.69, 9.17) is 16.3 Å². The van der Waals surface area contributed by atoms with E-state index >= 15 is 0 Å². The zero-order chi connectivity index (χ0) is 20.8. The van der Waals surface area contributed by atoms with E-state index in [-0.39, 0.29) is 6.10 Å². The number of likely N-dealkylation sites (tertiary alicyclic amines) is 1. The van der Waals surface area contributed by atoms with E-state index < -0.39 is 11.0 Å². The number of halogens is 1. The van der Waals surface area contributed by atoms with Crippen molar-refractivity contribution in [1.29, 1.82) is 0 Å². The second-order valence-corrected chi connectivity index (χ2v) is 9.71. The predicted octanol–water partition coefficient (Wildman–Crippen LogP) is 5.02. The number of anilines is 1. The van der Waals surface area contributed by atoms with Crippen molar-refractivity contribution >= 4 is 39.1 Å². The number of hydrogen-bond acceptors (Lipinski definition) is 5. The molecule has 1 saturated heterocycles. The maximum atomic E-state index is 12.4. The van der Waals surface area contributed by atoms with E-state index in [1.165, 1.54) is 16.9 Å². The molecule has 4 rings (SSSR count). The van der Waals surface area contributed by atoms with Crippen molar-refractivity contribution < 1.29 is 8.95 Å². The fourth-order valence-electron chi connectivity index (χ4n) is 3.47. The summed E-state index contributed by atoms with van der Waals surface area (Å²) in [5, 5.41) is 2.92. The molecule has 8 heteroatoms. The summed E-state index contributed by atoms with van der Waals surface area (Å²) in [6.07, 6.45) is 4.85. The highest BCUT2D eigenvalue weighted by Gasteiger charge is 2.21. The maximum absolute atomic E-state index is 12.4. The number of nitrogens with one attached hydrogen (secondary N) is 1. The SMILES string of the molecule is O=S(Nc1nccs1)c1ccc(OC2CCN(CCc3ccccc3)CC2)c(Cl)c1. The molecule has 1 aliphatic rings. The fourth-order valence-corrected chi connectivity index (χ4v) is 5.29. The molecule has 0 bridgehead atoms. The van der Waals surface area contributed by atoms with Crippen molar-refractivity contribution in [2.75, 3.05) is 24.4 Å². The lowest BCUT2D eigenvalue weighted by atomic mass is 10.1. The van der Waals surface area contributed by atoms with Crippen molar-refractivity contribution in [3.8, 4) is 5.75 Å². The first kappa shape index (κ1) is 21.3. The minimum atomic E-state index is -1.41. The van der Waals surface area contributed by atoms with Gasteiger partial charge in [0.25, 0.3) is 0 Å². The molecule has 5 nitrogen and oxygen atoms in total. The summed E-state index contributed by atoms with van der Waals surface area (Å²) in [5.41, 5.74) is 1.38. The molecule has 0 amide bonds. The molecule has 158 valence electrons. The number of nitrogens with zero attached hydrogens (tertiary/aromatic N) is 2. The molecule has 0 aliphatic carbocycles. The van der Waals surface area contributed by atoms with Gasteiger partial charge in [-0.3, -0.25) is 4.72 Å². The Morgan fingerprint density at radius 1 is 1.20 bits per heavy atom. The molecule has 0 radical (unpaired) electrons. The fraction of sp³-hybridized carbons (Fsp3) is 0.318. The van der Waals surface area contributed by atoms with Gasteiger partial charge in [-0.25, -0.2) is 9.19 Å². The monoisotopic (exact) mass is 461 g/mol. The molecule has 1 aliphatic heterocycles. The first-order chi connectivity index (χ1) is 14.7. The van der Waals surface area contributed by atoms with Crippen molar-refractivity contribution in [2.24, 2.45) is 0 Å². The van der Waals surface area contributed by atoms with Gasteiger partial charge in [-0.15, -0.1) is 11.3 Å². The van der Waals surface area contributed by atoms with E-state index in [0.29, 0.717) is 20.8 Å². The first-order valence-corrected chi connectivity index (χ1v) is 12.4. The van der Waals surface area contributed by atoms with Crippen LogP contribution in [0.4, 0.5) is 5.13 Å². The quantitative estimate of drug-likeness (QED) is 0.512. The summed E-state index contributed by atoms with van der Waals surface area (Å²) >= 11 is 7.81. The molecule has 1 aromatic heterocycles. The average Bonchev–Trinajstić information content (AvgIpc) is 3.28.